The molecule has 2 aliphatic rings. The molecule has 36 heavy (non-hydrogen) atoms. The first-order valence-corrected chi connectivity index (χ1v) is 16.5. The summed E-state index contributed by atoms with van der Waals surface area (Å²) in [6.45, 7) is 8.84. The number of benzene rings is 4. The van der Waals surface area contributed by atoms with E-state index < -0.39 is 0 Å². The quantitative estimate of drug-likeness (QED) is 0.224. The number of hydrogen-bond acceptors (Lipinski definition) is 0. The van der Waals surface area contributed by atoms with Gasteiger partial charge in [-0.15, -0.1) is 22.3 Å². The molecule has 4 aromatic carbocycles. The van der Waals surface area contributed by atoms with Crippen LogP contribution in [0.3, 0.4) is 0 Å². The molecule has 0 heterocycles. The van der Waals surface area contributed by atoms with Gasteiger partial charge in [0.15, 0.2) is 0 Å². The van der Waals surface area contributed by atoms with Crippen molar-refractivity contribution in [2.24, 2.45) is 0 Å². The van der Waals surface area contributed by atoms with Crippen LogP contribution in [0.4, 0.5) is 0 Å². The van der Waals surface area contributed by atoms with Gasteiger partial charge in [0.25, 0.3) is 0 Å². The molecule has 2 aliphatic carbocycles. The van der Waals surface area contributed by atoms with Gasteiger partial charge in [-0.1, -0.05) is 62.4 Å². The third kappa shape index (κ3) is 6.82. The van der Waals surface area contributed by atoms with Gasteiger partial charge in [0.2, 0.25) is 0 Å². The third-order valence-electron chi connectivity index (χ3n) is 6.86. The molecule has 0 aliphatic heterocycles. The van der Waals surface area contributed by atoms with Gasteiger partial charge in [-0.3, -0.25) is 0 Å². The van der Waals surface area contributed by atoms with Crippen LogP contribution in [0.1, 0.15) is 47.2 Å². The van der Waals surface area contributed by atoms with E-state index in [1.807, 2.05) is 12.1 Å². The fraction of sp³-hybridized carbons (Fsp3) is 0.250. The van der Waals surface area contributed by atoms with Crippen LogP contribution < -0.4 is 24.8 Å². The number of fused-ring (bicyclic) bond motifs is 6. The molecule has 0 fully saturated rings. The Morgan fingerprint density at radius 3 is 1.39 bits per heavy atom. The zero-order valence-electron chi connectivity index (χ0n) is 21.5. The van der Waals surface area contributed by atoms with Gasteiger partial charge in [0.05, 0.1) is 0 Å². The predicted octanol–water partition coefficient (Wildman–Crippen LogP) is 2.31. The van der Waals surface area contributed by atoms with Crippen molar-refractivity contribution in [3.63, 3.8) is 0 Å². The zero-order chi connectivity index (χ0) is 24.1. The molecule has 4 heteroatoms. The predicted molar refractivity (Wildman–Crippen MR) is 143 cm³/mol. The Bertz CT molecular complexity index is 1230. The number of hydrogen-bond donors (Lipinski definition) is 0. The van der Waals surface area contributed by atoms with Crippen molar-refractivity contribution < 1.29 is 44.0 Å². The Hall–Kier alpha value is -1.61. The van der Waals surface area contributed by atoms with Gasteiger partial charge < -0.3 is 24.8 Å². The average Bonchev–Trinajstić information content (AvgIpc) is 3.45. The summed E-state index contributed by atoms with van der Waals surface area (Å²) in [5.74, 6) is 0. The molecule has 0 nitrogen and oxygen atoms in total. The summed E-state index contributed by atoms with van der Waals surface area (Å²) in [7, 11) is 0. The Morgan fingerprint density at radius 2 is 1.03 bits per heavy atom. The smallest absolute Gasteiger partial charge is 0.0398 e. The van der Waals surface area contributed by atoms with Crippen molar-refractivity contribution in [1.29, 1.82) is 0 Å². The zero-order valence-corrected chi connectivity index (χ0v) is 25.6. The van der Waals surface area contributed by atoms with Crippen LogP contribution in [-0.2, 0) is 32.0 Å². The van der Waals surface area contributed by atoms with Crippen LogP contribution >= 0.6 is 0 Å². The average molecular weight is 563 g/mol. The summed E-state index contributed by atoms with van der Waals surface area (Å²) < 4.78 is 0. The van der Waals surface area contributed by atoms with E-state index in [2.05, 4.69) is 120 Å². The van der Waals surface area contributed by atoms with Crippen LogP contribution in [0.2, 0.25) is 12.1 Å². The van der Waals surface area contributed by atoms with E-state index in [0.717, 1.165) is 12.8 Å². The Labute approximate surface area is 242 Å². The van der Waals surface area contributed by atoms with Gasteiger partial charge in [-0.05, 0) is 35.1 Å². The molecule has 0 saturated heterocycles. The fourth-order valence-electron chi connectivity index (χ4n) is 4.75. The van der Waals surface area contributed by atoms with E-state index in [4.69, 9.17) is 0 Å². The topological polar surface area (TPSA) is 0 Å². The van der Waals surface area contributed by atoms with E-state index in [-0.39, 0.29) is 31.0 Å². The minimum atomic E-state index is 0. The molecule has 6 rings (SSSR count). The molecule has 4 aromatic rings. The normalized spacial score (nSPS) is 11.1. The molecule has 0 aromatic heterocycles. The first-order valence-electron chi connectivity index (χ1n) is 12.3. The summed E-state index contributed by atoms with van der Waals surface area (Å²) in [4.78, 5) is 0. The van der Waals surface area contributed by atoms with Gasteiger partial charge in [0.1, 0.15) is 0 Å². The van der Waals surface area contributed by atoms with Crippen LogP contribution in [0.15, 0.2) is 72.8 Å². The molecule has 0 saturated carbocycles. The molecule has 0 atom stereocenters. The first kappa shape index (κ1) is 30.6. The SMILES string of the molecule is CC[Si](=[Ti+2])CC.Cc1[c-]ccc2c1Cc1ccccc1-2.Cc1[c-]ccc2c1Cc1ccccc1-2.[Cl-].[Cl-]. The van der Waals surface area contributed by atoms with Gasteiger partial charge in [-0.25, -0.2) is 0 Å². The van der Waals surface area contributed by atoms with Gasteiger partial charge in [0, 0.05) is 0 Å². The standard InChI is InChI=1S/2C14H11.C4H10Si.2ClH.Ti/c2*1-10-5-4-8-13-12-7-3-2-6-11(12)9-14(10)13;1-3-5-4-2;;;/h2*2-4,6-8H,9H2,1H3;3-4H2,1-2H3;2*1H;/q2*-1;;;;+2/p-2. The molecular weight excluding hydrogens is 531 g/mol. The molecule has 0 radical (unpaired) electrons. The van der Waals surface area contributed by atoms with E-state index in [0.29, 0.717) is 0 Å². The fourth-order valence-corrected chi connectivity index (χ4v) is 5.25. The Morgan fingerprint density at radius 1 is 0.639 bits per heavy atom. The van der Waals surface area contributed by atoms with Crippen molar-refractivity contribution in [3.8, 4) is 22.3 Å². The van der Waals surface area contributed by atoms with Crippen LogP contribution in [-0.4, -0.2) is 6.19 Å². The van der Waals surface area contributed by atoms with E-state index >= 15 is 0 Å². The largest absolute Gasteiger partial charge is 1.00 e. The minimum absolute atomic E-state index is 0. The summed E-state index contributed by atoms with van der Waals surface area (Å²) in [5, 5.41) is 0. The Balaban J connectivity index is 0.000000200. The van der Waals surface area contributed by atoms with E-state index in [1.165, 1.54) is 67.7 Å². The van der Waals surface area contributed by atoms with Crippen molar-refractivity contribution >= 4 is 6.19 Å². The van der Waals surface area contributed by atoms with Crippen LogP contribution in [0.5, 0.6) is 0 Å². The molecule has 0 unspecified atom stereocenters. The van der Waals surface area contributed by atoms with Gasteiger partial charge >= 0.3 is 51.3 Å². The van der Waals surface area contributed by atoms with E-state index in [1.54, 1.807) is 0 Å². The Kier molecular flexibility index (Phi) is 12.2. The van der Waals surface area contributed by atoms with Crippen molar-refractivity contribution in [2.75, 3.05) is 0 Å². The summed E-state index contributed by atoms with van der Waals surface area (Å²) in [5.41, 5.74) is 14.0. The van der Waals surface area contributed by atoms with Crippen molar-refractivity contribution in [2.45, 2.75) is 52.6 Å². The third-order valence-corrected chi connectivity index (χ3v) is 11.9. The molecule has 184 valence electrons. The minimum Gasteiger partial charge on any atom is -1.00 e. The summed E-state index contributed by atoms with van der Waals surface area (Å²) in [6, 6.07) is 35.1. The molecule has 0 N–H and O–H groups in total. The molecule has 0 amide bonds. The first-order chi connectivity index (χ1) is 16.5. The maximum absolute atomic E-state index is 3.27. The number of aryl methyl sites for hydroxylation is 2. The second-order valence-electron chi connectivity index (χ2n) is 8.97. The summed E-state index contributed by atoms with van der Waals surface area (Å²) >= 11 is 2.38. The maximum Gasteiger partial charge on any atom is -0.0398 e. The maximum atomic E-state index is 3.27. The molecule has 0 spiro atoms. The second kappa shape index (κ2) is 14.4. The monoisotopic (exact) mass is 562 g/mol. The number of halogens is 2. The van der Waals surface area contributed by atoms with Gasteiger partial charge in [-0.2, -0.15) is 47.5 Å². The van der Waals surface area contributed by atoms with Crippen LogP contribution in [0, 0.1) is 26.0 Å². The summed E-state index contributed by atoms with van der Waals surface area (Å²) in [6.07, 6.45) is 2.29. The van der Waals surface area contributed by atoms with Crippen molar-refractivity contribution in [3.05, 3.63) is 118 Å². The van der Waals surface area contributed by atoms with Crippen LogP contribution in [0.25, 0.3) is 22.3 Å². The second-order valence-corrected chi connectivity index (χ2v) is 14.9. The molecular formula is C32H32Cl2SiTi-2. The van der Waals surface area contributed by atoms with E-state index in [9.17, 15) is 0 Å². The number of rotatable bonds is 2. The molecule has 0 bridgehead atoms. The van der Waals surface area contributed by atoms with Crippen molar-refractivity contribution in [1.82, 2.24) is 0 Å².